The van der Waals surface area contributed by atoms with E-state index in [1.807, 2.05) is 36.4 Å². The molecule has 4 aromatic rings. The number of nitrogens with zero attached hydrogens (tertiary/aromatic N) is 1. The van der Waals surface area contributed by atoms with E-state index in [-0.39, 0.29) is 11.8 Å². The van der Waals surface area contributed by atoms with E-state index < -0.39 is 0 Å². The van der Waals surface area contributed by atoms with Gasteiger partial charge in [-0.2, -0.15) is 5.10 Å². The minimum absolute atomic E-state index is 0.273. The number of hydrazone groups is 1. The number of carbonyl (C=O) groups is 2. The van der Waals surface area contributed by atoms with Crippen molar-refractivity contribution in [2.75, 3.05) is 12.4 Å². The van der Waals surface area contributed by atoms with Gasteiger partial charge >= 0.3 is 0 Å². The third kappa shape index (κ3) is 7.19. The molecule has 0 heterocycles. The van der Waals surface area contributed by atoms with E-state index >= 15 is 0 Å². The average molecular weight is 514 g/mol. The van der Waals surface area contributed by atoms with Crippen LogP contribution in [0.3, 0.4) is 0 Å². The van der Waals surface area contributed by atoms with Gasteiger partial charge in [0.25, 0.3) is 11.8 Å². The monoisotopic (exact) mass is 513 g/mol. The lowest BCUT2D eigenvalue weighted by Crippen LogP contribution is -2.18. The van der Waals surface area contributed by atoms with Crippen molar-refractivity contribution in [1.29, 1.82) is 0 Å². The summed E-state index contributed by atoms with van der Waals surface area (Å²) in [4.78, 5) is 24.8. The second-order valence-corrected chi connectivity index (χ2v) is 8.36. The van der Waals surface area contributed by atoms with Crippen LogP contribution in [0.15, 0.2) is 102 Å². The summed E-state index contributed by atoms with van der Waals surface area (Å²) in [6.45, 7) is 0.421. The Balaban J connectivity index is 1.31. The van der Waals surface area contributed by atoms with Crippen LogP contribution in [-0.4, -0.2) is 25.1 Å². The molecule has 186 valence electrons. The van der Waals surface area contributed by atoms with Crippen molar-refractivity contribution in [2.45, 2.75) is 6.61 Å². The Labute approximate surface area is 219 Å². The second-order valence-electron chi connectivity index (χ2n) is 7.92. The quantitative estimate of drug-likeness (QED) is 0.214. The molecule has 0 unspecified atom stereocenters. The van der Waals surface area contributed by atoms with E-state index in [0.29, 0.717) is 39.9 Å². The Morgan fingerprint density at radius 3 is 2.22 bits per heavy atom. The van der Waals surface area contributed by atoms with Gasteiger partial charge in [-0.25, -0.2) is 5.43 Å². The molecule has 4 aromatic carbocycles. The Morgan fingerprint density at radius 1 is 0.838 bits per heavy atom. The molecule has 0 fully saturated rings. The molecular formula is C29H24ClN3O4. The largest absolute Gasteiger partial charge is 0.493 e. The zero-order valence-corrected chi connectivity index (χ0v) is 20.7. The maximum absolute atomic E-state index is 12.4. The Kier molecular flexibility index (Phi) is 8.52. The van der Waals surface area contributed by atoms with E-state index in [4.69, 9.17) is 21.1 Å². The Morgan fingerprint density at radius 2 is 1.51 bits per heavy atom. The summed E-state index contributed by atoms with van der Waals surface area (Å²) in [5.74, 6) is 0.505. The lowest BCUT2D eigenvalue weighted by atomic mass is 10.1. The molecule has 4 rings (SSSR count). The summed E-state index contributed by atoms with van der Waals surface area (Å²) in [6, 6.07) is 28.3. The molecule has 0 aromatic heterocycles. The molecule has 0 spiro atoms. The van der Waals surface area contributed by atoms with Crippen LogP contribution in [0.5, 0.6) is 11.5 Å². The van der Waals surface area contributed by atoms with Crippen LogP contribution in [0.25, 0.3) is 0 Å². The highest BCUT2D eigenvalue weighted by Gasteiger charge is 2.09. The van der Waals surface area contributed by atoms with Gasteiger partial charge < -0.3 is 14.8 Å². The van der Waals surface area contributed by atoms with Gasteiger partial charge in [0.1, 0.15) is 6.61 Å². The van der Waals surface area contributed by atoms with Gasteiger partial charge in [0.2, 0.25) is 0 Å². The van der Waals surface area contributed by atoms with E-state index in [1.165, 1.54) is 6.21 Å². The Bertz CT molecular complexity index is 1390. The lowest BCUT2D eigenvalue weighted by Gasteiger charge is -2.11. The van der Waals surface area contributed by atoms with Gasteiger partial charge in [0.15, 0.2) is 11.5 Å². The number of anilines is 1. The van der Waals surface area contributed by atoms with Crippen molar-refractivity contribution in [3.8, 4) is 11.5 Å². The zero-order valence-electron chi connectivity index (χ0n) is 20.0. The third-order valence-corrected chi connectivity index (χ3v) is 5.57. The number of benzene rings is 4. The molecule has 2 amide bonds. The smallest absolute Gasteiger partial charge is 0.271 e. The lowest BCUT2D eigenvalue weighted by molar-refractivity contribution is 0.0954. The van der Waals surface area contributed by atoms with Crippen LogP contribution in [0, 0.1) is 0 Å². The number of ether oxygens (including phenoxy) is 2. The number of hydrogen-bond acceptors (Lipinski definition) is 5. The SMILES string of the molecule is COc1cc(/C=N/NC(=O)c2ccc(NC(=O)c3ccc(Cl)cc3)cc2)ccc1OCc1ccccc1. The third-order valence-electron chi connectivity index (χ3n) is 5.32. The molecule has 2 N–H and O–H groups in total. The molecule has 0 aliphatic heterocycles. The standard InChI is InChI=1S/C29H24ClN3O4/c1-36-27-17-21(7-16-26(27)37-19-20-5-3-2-4-6-20)18-31-33-29(35)23-10-14-25(15-11-23)32-28(34)22-8-12-24(30)13-9-22/h2-18H,19H2,1H3,(H,32,34)(H,33,35)/b31-18+. The second kappa shape index (κ2) is 12.4. The molecule has 0 radical (unpaired) electrons. The molecule has 0 bridgehead atoms. The highest BCUT2D eigenvalue weighted by molar-refractivity contribution is 6.30. The first kappa shape index (κ1) is 25.5. The van der Waals surface area contributed by atoms with Crippen molar-refractivity contribution in [1.82, 2.24) is 5.43 Å². The molecule has 0 aliphatic carbocycles. The van der Waals surface area contributed by atoms with Gasteiger partial charge in [-0.05, 0) is 77.9 Å². The van der Waals surface area contributed by atoms with Crippen molar-refractivity contribution in [2.24, 2.45) is 5.10 Å². The van der Waals surface area contributed by atoms with Crippen molar-refractivity contribution in [3.63, 3.8) is 0 Å². The van der Waals surface area contributed by atoms with Crippen LogP contribution < -0.4 is 20.2 Å². The van der Waals surface area contributed by atoms with Crippen molar-refractivity contribution >= 4 is 35.3 Å². The van der Waals surface area contributed by atoms with E-state index in [9.17, 15) is 9.59 Å². The number of methoxy groups -OCH3 is 1. The fraction of sp³-hybridized carbons (Fsp3) is 0.0690. The van der Waals surface area contributed by atoms with Crippen LogP contribution in [0.4, 0.5) is 5.69 Å². The van der Waals surface area contributed by atoms with E-state index in [0.717, 1.165) is 11.1 Å². The maximum Gasteiger partial charge on any atom is 0.271 e. The minimum atomic E-state index is -0.387. The summed E-state index contributed by atoms with van der Waals surface area (Å²) in [5, 5.41) is 7.36. The van der Waals surface area contributed by atoms with Crippen molar-refractivity contribution in [3.05, 3.63) is 124 Å². The molecule has 0 saturated heterocycles. The highest BCUT2D eigenvalue weighted by Crippen LogP contribution is 2.28. The maximum atomic E-state index is 12.4. The summed E-state index contributed by atoms with van der Waals surface area (Å²) in [7, 11) is 1.56. The summed E-state index contributed by atoms with van der Waals surface area (Å²) >= 11 is 5.86. The predicted octanol–water partition coefficient (Wildman–Crippen LogP) is 5.94. The molecular weight excluding hydrogens is 490 g/mol. The van der Waals surface area contributed by atoms with E-state index in [1.54, 1.807) is 67.8 Å². The molecule has 0 aliphatic rings. The first-order valence-corrected chi connectivity index (χ1v) is 11.7. The van der Waals surface area contributed by atoms with Gasteiger partial charge in [-0.15, -0.1) is 0 Å². The fourth-order valence-electron chi connectivity index (χ4n) is 3.36. The van der Waals surface area contributed by atoms with Crippen LogP contribution in [-0.2, 0) is 6.61 Å². The zero-order chi connectivity index (χ0) is 26.0. The van der Waals surface area contributed by atoms with Gasteiger partial charge in [0.05, 0.1) is 13.3 Å². The van der Waals surface area contributed by atoms with Gasteiger partial charge in [-0.1, -0.05) is 41.9 Å². The van der Waals surface area contributed by atoms with Gasteiger partial charge in [0, 0.05) is 21.8 Å². The first-order chi connectivity index (χ1) is 18.0. The molecule has 8 heteroatoms. The Hall–Kier alpha value is -4.62. The minimum Gasteiger partial charge on any atom is -0.493 e. The van der Waals surface area contributed by atoms with Gasteiger partial charge in [-0.3, -0.25) is 9.59 Å². The van der Waals surface area contributed by atoms with Crippen LogP contribution >= 0.6 is 11.6 Å². The number of rotatable bonds is 9. The summed E-state index contributed by atoms with van der Waals surface area (Å²) in [6.07, 6.45) is 1.52. The molecule has 0 saturated carbocycles. The van der Waals surface area contributed by atoms with Crippen molar-refractivity contribution < 1.29 is 19.1 Å². The number of halogens is 1. The highest BCUT2D eigenvalue weighted by atomic mass is 35.5. The number of hydrogen-bond donors (Lipinski definition) is 2. The number of nitrogens with one attached hydrogen (secondary N) is 2. The molecule has 0 atom stereocenters. The number of amides is 2. The number of carbonyl (C=O) groups excluding carboxylic acids is 2. The van der Waals surface area contributed by atoms with Crippen LogP contribution in [0.2, 0.25) is 5.02 Å². The summed E-state index contributed by atoms with van der Waals surface area (Å²) < 4.78 is 11.3. The molecule has 37 heavy (non-hydrogen) atoms. The normalized spacial score (nSPS) is 10.6. The topological polar surface area (TPSA) is 89.0 Å². The predicted molar refractivity (Wildman–Crippen MR) is 145 cm³/mol. The van der Waals surface area contributed by atoms with E-state index in [2.05, 4.69) is 15.8 Å². The molecule has 7 nitrogen and oxygen atoms in total. The first-order valence-electron chi connectivity index (χ1n) is 11.4. The fourth-order valence-corrected chi connectivity index (χ4v) is 3.48. The summed E-state index contributed by atoms with van der Waals surface area (Å²) in [5.41, 5.74) is 5.70. The average Bonchev–Trinajstić information content (AvgIpc) is 2.93. The van der Waals surface area contributed by atoms with Crippen LogP contribution in [0.1, 0.15) is 31.8 Å².